The first-order valence-corrected chi connectivity index (χ1v) is 8.21. The van der Waals surface area contributed by atoms with E-state index in [1.807, 2.05) is 54.2 Å². The summed E-state index contributed by atoms with van der Waals surface area (Å²) in [5.74, 6) is 0. The summed E-state index contributed by atoms with van der Waals surface area (Å²) in [7, 11) is 0. The molecule has 0 aliphatic rings. The largest absolute Gasteiger partial charge is 0.392 e. The zero-order valence-electron chi connectivity index (χ0n) is 14.1. The Hall–Kier alpha value is -2.43. The van der Waals surface area contributed by atoms with Gasteiger partial charge in [-0.15, -0.1) is 0 Å². The van der Waals surface area contributed by atoms with Crippen LogP contribution in [0.1, 0.15) is 35.3 Å². The van der Waals surface area contributed by atoms with Crippen molar-refractivity contribution < 1.29 is 5.11 Å². The Morgan fingerprint density at radius 1 is 1.12 bits per heavy atom. The number of hydrogen-bond donors (Lipinski definition) is 2. The van der Waals surface area contributed by atoms with Crippen molar-refractivity contribution in [3.8, 4) is 5.69 Å². The van der Waals surface area contributed by atoms with E-state index in [2.05, 4.69) is 35.5 Å². The molecule has 0 saturated heterocycles. The van der Waals surface area contributed by atoms with Gasteiger partial charge < -0.3 is 10.4 Å². The smallest absolute Gasteiger partial charge is 0.0690 e. The Morgan fingerprint density at radius 3 is 2.71 bits per heavy atom. The lowest BCUT2D eigenvalue weighted by atomic mass is 10.0. The van der Waals surface area contributed by atoms with Gasteiger partial charge in [0.25, 0.3) is 0 Å². The third-order valence-electron chi connectivity index (χ3n) is 4.19. The number of aryl methyl sites for hydroxylation is 1. The lowest BCUT2D eigenvalue weighted by Crippen LogP contribution is -2.19. The third-order valence-corrected chi connectivity index (χ3v) is 4.19. The van der Waals surface area contributed by atoms with Gasteiger partial charge in [-0.05, 0) is 42.7 Å². The van der Waals surface area contributed by atoms with Gasteiger partial charge in [-0.25, -0.2) is 4.68 Å². The molecule has 2 N–H and O–H groups in total. The van der Waals surface area contributed by atoms with Gasteiger partial charge in [-0.2, -0.15) is 5.10 Å². The Morgan fingerprint density at radius 2 is 1.96 bits per heavy atom. The van der Waals surface area contributed by atoms with Crippen LogP contribution in [0.5, 0.6) is 0 Å². The molecule has 1 unspecified atom stereocenters. The van der Waals surface area contributed by atoms with Crippen LogP contribution in [0.3, 0.4) is 0 Å². The first-order chi connectivity index (χ1) is 11.7. The molecule has 3 aromatic rings. The minimum absolute atomic E-state index is 0.0715. The minimum atomic E-state index is 0.0715. The van der Waals surface area contributed by atoms with Crippen LogP contribution in [0.15, 0.2) is 60.8 Å². The average Bonchev–Trinajstić information content (AvgIpc) is 3.06. The summed E-state index contributed by atoms with van der Waals surface area (Å²) in [4.78, 5) is 0. The number of nitrogens with zero attached hydrogens (tertiary/aromatic N) is 2. The number of para-hydroxylation sites is 1. The van der Waals surface area contributed by atoms with Gasteiger partial charge in [-0.3, -0.25) is 0 Å². The van der Waals surface area contributed by atoms with Crippen LogP contribution in [-0.2, 0) is 13.2 Å². The number of aromatic nitrogens is 2. The number of rotatable bonds is 6. The number of aliphatic hydroxyl groups excluding tert-OH is 1. The summed E-state index contributed by atoms with van der Waals surface area (Å²) in [5.41, 5.74) is 5.41. The summed E-state index contributed by atoms with van der Waals surface area (Å²) in [6.07, 6.45) is 1.99. The molecule has 1 heterocycles. The molecule has 1 aromatic heterocycles. The predicted octanol–water partition coefficient (Wildman–Crippen LogP) is 3.52. The number of hydrogen-bond acceptors (Lipinski definition) is 3. The molecule has 0 saturated carbocycles. The van der Waals surface area contributed by atoms with E-state index in [0.29, 0.717) is 0 Å². The summed E-state index contributed by atoms with van der Waals surface area (Å²) in [6.45, 7) is 4.95. The highest BCUT2D eigenvalue weighted by Gasteiger charge is 2.09. The van der Waals surface area contributed by atoms with Crippen LogP contribution in [0.4, 0.5) is 0 Å². The molecule has 3 rings (SSSR count). The molecule has 124 valence electrons. The molecular formula is C20H23N3O. The van der Waals surface area contributed by atoms with Crippen molar-refractivity contribution in [2.24, 2.45) is 0 Å². The van der Waals surface area contributed by atoms with Crippen LogP contribution < -0.4 is 5.32 Å². The fraction of sp³-hybridized carbons (Fsp3) is 0.250. The summed E-state index contributed by atoms with van der Waals surface area (Å²) < 4.78 is 1.92. The minimum Gasteiger partial charge on any atom is -0.392 e. The normalized spacial score (nSPS) is 12.3. The van der Waals surface area contributed by atoms with E-state index in [1.165, 1.54) is 11.1 Å². The summed E-state index contributed by atoms with van der Waals surface area (Å²) >= 11 is 0. The number of aliphatic hydroxyl groups is 1. The maximum absolute atomic E-state index is 9.29. The molecular weight excluding hydrogens is 298 g/mol. The Labute approximate surface area is 142 Å². The zero-order chi connectivity index (χ0) is 16.9. The van der Waals surface area contributed by atoms with Crippen LogP contribution in [0.25, 0.3) is 5.69 Å². The summed E-state index contributed by atoms with van der Waals surface area (Å²) in [5, 5.41) is 17.4. The van der Waals surface area contributed by atoms with E-state index in [9.17, 15) is 5.11 Å². The van der Waals surface area contributed by atoms with Crippen LogP contribution in [0.2, 0.25) is 0 Å². The highest BCUT2D eigenvalue weighted by atomic mass is 16.3. The molecule has 0 spiro atoms. The standard InChI is InChI=1S/C20H23N3O/c1-15-10-11-23(22-15)20-9-4-3-7-19(20)13-21-16(2)18-8-5-6-17(12-18)14-24/h3-12,16,21,24H,13-14H2,1-2H3. The second-order valence-electron chi connectivity index (χ2n) is 6.04. The second kappa shape index (κ2) is 7.43. The fourth-order valence-corrected chi connectivity index (χ4v) is 2.77. The highest BCUT2D eigenvalue weighted by molar-refractivity contribution is 5.40. The molecule has 0 fully saturated rings. The van der Waals surface area contributed by atoms with E-state index < -0.39 is 0 Å². The fourth-order valence-electron chi connectivity index (χ4n) is 2.77. The highest BCUT2D eigenvalue weighted by Crippen LogP contribution is 2.18. The molecule has 1 atom stereocenters. The molecule has 4 heteroatoms. The van der Waals surface area contributed by atoms with Crippen molar-refractivity contribution in [3.63, 3.8) is 0 Å². The van der Waals surface area contributed by atoms with Gasteiger partial charge in [0, 0.05) is 18.8 Å². The molecule has 0 aliphatic heterocycles. The predicted molar refractivity (Wildman–Crippen MR) is 95.9 cm³/mol. The molecule has 0 amide bonds. The van der Waals surface area contributed by atoms with Crippen LogP contribution in [0, 0.1) is 6.92 Å². The van der Waals surface area contributed by atoms with Crippen LogP contribution in [-0.4, -0.2) is 14.9 Å². The maximum Gasteiger partial charge on any atom is 0.0690 e. The number of benzene rings is 2. The average molecular weight is 321 g/mol. The van der Waals surface area contributed by atoms with E-state index in [-0.39, 0.29) is 12.6 Å². The van der Waals surface area contributed by atoms with Crippen molar-refractivity contribution in [1.82, 2.24) is 15.1 Å². The van der Waals surface area contributed by atoms with E-state index in [4.69, 9.17) is 0 Å². The quantitative estimate of drug-likeness (QED) is 0.730. The van der Waals surface area contributed by atoms with Crippen molar-refractivity contribution in [3.05, 3.63) is 83.2 Å². The third kappa shape index (κ3) is 3.72. The Kier molecular flexibility index (Phi) is 5.08. The molecule has 4 nitrogen and oxygen atoms in total. The first-order valence-electron chi connectivity index (χ1n) is 8.21. The first kappa shape index (κ1) is 16.4. The van der Waals surface area contributed by atoms with E-state index in [1.54, 1.807) is 0 Å². The van der Waals surface area contributed by atoms with Gasteiger partial charge in [0.2, 0.25) is 0 Å². The Bertz CT molecular complexity index is 810. The molecule has 0 aliphatic carbocycles. The lowest BCUT2D eigenvalue weighted by Gasteiger charge is -2.17. The molecule has 24 heavy (non-hydrogen) atoms. The molecule has 0 radical (unpaired) electrons. The summed E-state index contributed by atoms with van der Waals surface area (Å²) in [6, 6.07) is 18.5. The van der Waals surface area contributed by atoms with Crippen molar-refractivity contribution in [2.45, 2.75) is 33.0 Å². The maximum atomic E-state index is 9.29. The Balaban J connectivity index is 1.75. The number of nitrogens with one attached hydrogen (secondary N) is 1. The second-order valence-corrected chi connectivity index (χ2v) is 6.04. The SMILES string of the molecule is Cc1ccn(-c2ccccc2CNC(C)c2cccc(CO)c2)n1. The molecule has 2 aromatic carbocycles. The van der Waals surface area contributed by atoms with E-state index in [0.717, 1.165) is 23.5 Å². The topological polar surface area (TPSA) is 50.1 Å². The zero-order valence-corrected chi connectivity index (χ0v) is 14.1. The van der Waals surface area contributed by atoms with Gasteiger partial charge in [0.1, 0.15) is 0 Å². The lowest BCUT2D eigenvalue weighted by molar-refractivity contribution is 0.281. The monoisotopic (exact) mass is 321 g/mol. The van der Waals surface area contributed by atoms with E-state index >= 15 is 0 Å². The van der Waals surface area contributed by atoms with Crippen molar-refractivity contribution in [1.29, 1.82) is 0 Å². The van der Waals surface area contributed by atoms with Crippen molar-refractivity contribution >= 4 is 0 Å². The van der Waals surface area contributed by atoms with Gasteiger partial charge >= 0.3 is 0 Å². The van der Waals surface area contributed by atoms with Crippen molar-refractivity contribution in [2.75, 3.05) is 0 Å². The van der Waals surface area contributed by atoms with Crippen LogP contribution >= 0.6 is 0 Å². The van der Waals surface area contributed by atoms with Gasteiger partial charge in [0.15, 0.2) is 0 Å². The van der Waals surface area contributed by atoms with Gasteiger partial charge in [0.05, 0.1) is 18.0 Å². The van der Waals surface area contributed by atoms with Gasteiger partial charge in [-0.1, -0.05) is 42.5 Å². The molecule has 0 bridgehead atoms.